The SMILES string of the molecule is CCC(Oc1ccccc1C(C)CC)C(=O)Nc1cccc(C(=O)NC(C)(C)C)c1. The van der Waals surface area contributed by atoms with Gasteiger partial charge in [0, 0.05) is 16.8 Å². The second-order valence-corrected chi connectivity index (χ2v) is 8.64. The fourth-order valence-electron chi connectivity index (χ4n) is 3.06. The number of nitrogens with one attached hydrogen (secondary N) is 2. The molecule has 0 bridgehead atoms. The number of rotatable bonds is 8. The van der Waals surface area contributed by atoms with E-state index in [0.29, 0.717) is 23.6 Å². The minimum Gasteiger partial charge on any atom is -0.480 e. The second-order valence-electron chi connectivity index (χ2n) is 8.64. The van der Waals surface area contributed by atoms with Crippen LogP contribution in [-0.4, -0.2) is 23.5 Å². The highest BCUT2D eigenvalue weighted by molar-refractivity contribution is 5.98. The van der Waals surface area contributed by atoms with E-state index in [9.17, 15) is 9.59 Å². The van der Waals surface area contributed by atoms with Gasteiger partial charge >= 0.3 is 0 Å². The van der Waals surface area contributed by atoms with E-state index < -0.39 is 6.10 Å². The van der Waals surface area contributed by atoms with Gasteiger partial charge in [0.1, 0.15) is 5.75 Å². The van der Waals surface area contributed by atoms with Crippen LogP contribution in [0.1, 0.15) is 76.2 Å². The van der Waals surface area contributed by atoms with Gasteiger partial charge in [-0.3, -0.25) is 9.59 Å². The molecule has 0 aliphatic rings. The molecule has 2 unspecified atom stereocenters. The van der Waals surface area contributed by atoms with Crippen LogP contribution in [-0.2, 0) is 4.79 Å². The van der Waals surface area contributed by atoms with Crippen LogP contribution < -0.4 is 15.4 Å². The zero-order valence-corrected chi connectivity index (χ0v) is 18.9. The van der Waals surface area contributed by atoms with Crippen molar-refractivity contribution in [2.24, 2.45) is 0 Å². The summed E-state index contributed by atoms with van der Waals surface area (Å²) >= 11 is 0. The lowest BCUT2D eigenvalue weighted by Gasteiger charge is -2.22. The third kappa shape index (κ3) is 6.61. The molecule has 0 aliphatic carbocycles. The van der Waals surface area contributed by atoms with E-state index in [1.165, 1.54) is 0 Å². The van der Waals surface area contributed by atoms with Crippen molar-refractivity contribution in [2.45, 2.75) is 71.9 Å². The predicted molar refractivity (Wildman–Crippen MR) is 122 cm³/mol. The van der Waals surface area contributed by atoms with Crippen LogP contribution in [0.3, 0.4) is 0 Å². The van der Waals surface area contributed by atoms with Crippen LogP contribution in [0.15, 0.2) is 48.5 Å². The Hall–Kier alpha value is -2.82. The van der Waals surface area contributed by atoms with Crippen molar-refractivity contribution >= 4 is 17.5 Å². The van der Waals surface area contributed by atoms with E-state index in [2.05, 4.69) is 24.5 Å². The third-order valence-electron chi connectivity index (χ3n) is 4.88. The maximum atomic E-state index is 12.9. The van der Waals surface area contributed by atoms with Gasteiger partial charge in [-0.2, -0.15) is 0 Å². The first-order chi connectivity index (χ1) is 14.1. The van der Waals surface area contributed by atoms with Gasteiger partial charge in [-0.1, -0.05) is 45.0 Å². The van der Waals surface area contributed by atoms with Crippen LogP contribution >= 0.6 is 0 Å². The average molecular weight is 411 g/mol. The molecule has 2 atom stereocenters. The minimum atomic E-state index is -0.623. The third-order valence-corrected chi connectivity index (χ3v) is 4.88. The van der Waals surface area contributed by atoms with Gasteiger partial charge in [0.2, 0.25) is 0 Å². The molecule has 0 radical (unpaired) electrons. The summed E-state index contributed by atoms with van der Waals surface area (Å²) in [5, 5.41) is 5.82. The van der Waals surface area contributed by atoms with Crippen molar-refractivity contribution in [3.63, 3.8) is 0 Å². The maximum absolute atomic E-state index is 12.9. The molecule has 0 spiro atoms. The maximum Gasteiger partial charge on any atom is 0.265 e. The van der Waals surface area contributed by atoms with Crippen molar-refractivity contribution in [1.82, 2.24) is 5.32 Å². The molecule has 0 saturated carbocycles. The van der Waals surface area contributed by atoms with E-state index >= 15 is 0 Å². The van der Waals surface area contributed by atoms with E-state index in [1.54, 1.807) is 24.3 Å². The van der Waals surface area contributed by atoms with Crippen LogP contribution in [0.4, 0.5) is 5.69 Å². The Morgan fingerprint density at radius 1 is 1.00 bits per heavy atom. The standard InChI is InChI=1S/C25H34N2O3/c1-7-17(3)20-14-9-10-15-22(20)30-21(8-2)24(29)26-19-13-11-12-18(16-19)23(28)27-25(4,5)6/h9-17,21H,7-8H2,1-6H3,(H,26,29)(H,27,28). The molecule has 0 saturated heterocycles. The minimum absolute atomic E-state index is 0.177. The van der Waals surface area contributed by atoms with E-state index in [1.807, 2.05) is 52.0 Å². The highest BCUT2D eigenvalue weighted by Crippen LogP contribution is 2.29. The summed E-state index contributed by atoms with van der Waals surface area (Å²) in [5.74, 6) is 0.682. The van der Waals surface area contributed by atoms with Crippen molar-refractivity contribution in [3.8, 4) is 5.75 Å². The van der Waals surface area contributed by atoms with Crippen molar-refractivity contribution in [2.75, 3.05) is 5.32 Å². The zero-order chi connectivity index (χ0) is 22.3. The quantitative estimate of drug-likeness (QED) is 0.602. The Bertz CT molecular complexity index is 871. The lowest BCUT2D eigenvalue weighted by molar-refractivity contribution is -0.122. The summed E-state index contributed by atoms with van der Waals surface area (Å²) in [6.45, 7) is 12.0. The molecule has 2 aromatic rings. The Kier molecular flexibility index (Phi) is 8.04. The summed E-state index contributed by atoms with van der Waals surface area (Å²) < 4.78 is 6.10. The molecule has 2 N–H and O–H groups in total. The Morgan fingerprint density at radius 3 is 2.33 bits per heavy atom. The first-order valence-corrected chi connectivity index (χ1v) is 10.6. The number of anilines is 1. The monoisotopic (exact) mass is 410 g/mol. The van der Waals surface area contributed by atoms with Gasteiger partial charge in [0.05, 0.1) is 0 Å². The number of ether oxygens (including phenoxy) is 1. The molecule has 2 aromatic carbocycles. The second kappa shape index (κ2) is 10.3. The van der Waals surface area contributed by atoms with Crippen molar-refractivity contribution < 1.29 is 14.3 Å². The van der Waals surface area contributed by atoms with Crippen LogP contribution in [0.2, 0.25) is 0 Å². The summed E-state index contributed by atoms with van der Waals surface area (Å²) in [6, 6.07) is 14.8. The topological polar surface area (TPSA) is 67.4 Å². The molecule has 162 valence electrons. The lowest BCUT2D eigenvalue weighted by Crippen LogP contribution is -2.40. The molecular weight excluding hydrogens is 376 g/mol. The first-order valence-electron chi connectivity index (χ1n) is 10.6. The average Bonchev–Trinajstić information content (AvgIpc) is 2.70. The van der Waals surface area contributed by atoms with Gasteiger partial charge < -0.3 is 15.4 Å². The summed E-state index contributed by atoms with van der Waals surface area (Å²) in [7, 11) is 0. The molecule has 5 heteroatoms. The van der Waals surface area contributed by atoms with Crippen LogP contribution in [0.25, 0.3) is 0 Å². The number of hydrogen-bond acceptors (Lipinski definition) is 3. The molecule has 30 heavy (non-hydrogen) atoms. The van der Waals surface area contributed by atoms with Gasteiger partial charge in [0.25, 0.3) is 11.8 Å². The highest BCUT2D eigenvalue weighted by Gasteiger charge is 2.22. The first kappa shape index (κ1) is 23.5. The van der Waals surface area contributed by atoms with Gasteiger partial charge in [0.15, 0.2) is 6.10 Å². The van der Waals surface area contributed by atoms with E-state index in [0.717, 1.165) is 17.7 Å². The molecular formula is C25H34N2O3. The van der Waals surface area contributed by atoms with Crippen molar-refractivity contribution in [1.29, 1.82) is 0 Å². The van der Waals surface area contributed by atoms with Crippen molar-refractivity contribution in [3.05, 3.63) is 59.7 Å². The molecule has 5 nitrogen and oxygen atoms in total. The Labute approximate surface area is 180 Å². The number of carbonyl (C=O) groups excluding carboxylic acids is 2. The number of benzene rings is 2. The van der Waals surface area contributed by atoms with E-state index in [4.69, 9.17) is 4.74 Å². The molecule has 0 aromatic heterocycles. The number of hydrogen-bond donors (Lipinski definition) is 2. The lowest BCUT2D eigenvalue weighted by atomic mass is 9.98. The largest absolute Gasteiger partial charge is 0.480 e. The molecule has 0 fully saturated rings. The summed E-state index contributed by atoms with van der Waals surface area (Å²) in [5.41, 5.74) is 1.84. The summed E-state index contributed by atoms with van der Waals surface area (Å²) in [4.78, 5) is 25.3. The van der Waals surface area contributed by atoms with Crippen LogP contribution in [0.5, 0.6) is 5.75 Å². The number of amides is 2. The normalized spacial score (nSPS) is 13.3. The Balaban J connectivity index is 2.13. The molecule has 2 amide bonds. The smallest absolute Gasteiger partial charge is 0.265 e. The van der Waals surface area contributed by atoms with E-state index in [-0.39, 0.29) is 17.4 Å². The number of carbonyl (C=O) groups is 2. The van der Waals surface area contributed by atoms with Gasteiger partial charge in [-0.05, 0) is 69.4 Å². The predicted octanol–water partition coefficient (Wildman–Crippen LogP) is 5.52. The Morgan fingerprint density at radius 2 is 1.70 bits per heavy atom. The van der Waals surface area contributed by atoms with Gasteiger partial charge in [-0.25, -0.2) is 0 Å². The van der Waals surface area contributed by atoms with Crippen LogP contribution in [0, 0.1) is 0 Å². The highest BCUT2D eigenvalue weighted by atomic mass is 16.5. The summed E-state index contributed by atoms with van der Waals surface area (Å²) in [6.07, 6.45) is 0.903. The fraction of sp³-hybridized carbons (Fsp3) is 0.440. The molecule has 0 aliphatic heterocycles. The van der Waals surface area contributed by atoms with Gasteiger partial charge in [-0.15, -0.1) is 0 Å². The fourth-order valence-corrected chi connectivity index (χ4v) is 3.06. The zero-order valence-electron chi connectivity index (χ0n) is 18.9. The molecule has 2 rings (SSSR count). The number of para-hydroxylation sites is 1. The molecule has 0 heterocycles.